The number of rotatable bonds is 6. The zero-order chi connectivity index (χ0) is 17.5. The van der Waals surface area contributed by atoms with Gasteiger partial charge in [0.2, 0.25) is 11.8 Å². The Morgan fingerprint density at radius 2 is 1.88 bits per heavy atom. The molecular weight excluding hydrogens is 311 g/mol. The SMILES string of the molecule is COc1ccc(NC(=O)CN(C)C(=O)Cc2cccc(F)c2)cc1. The van der Waals surface area contributed by atoms with E-state index in [1.165, 1.54) is 24.1 Å². The molecule has 5 nitrogen and oxygen atoms in total. The van der Waals surface area contributed by atoms with E-state index < -0.39 is 0 Å². The second kappa shape index (κ2) is 8.10. The molecule has 0 aliphatic rings. The van der Waals surface area contributed by atoms with Crippen molar-refractivity contribution in [2.45, 2.75) is 6.42 Å². The normalized spacial score (nSPS) is 10.1. The Morgan fingerprint density at radius 1 is 1.17 bits per heavy atom. The Morgan fingerprint density at radius 3 is 2.50 bits per heavy atom. The number of halogens is 1. The van der Waals surface area contributed by atoms with Gasteiger partial charge in [-0.15, -0.1) is 0 Å². The summed E-state index contributed by atoms with van der Waals surface area (Å²) in [5, 5.41) is 2.70. The first-order valence-corrected chi connectivity index (χ1v) is 7.40. The van der Waals surface area contributed by atoms with Crippen LogP contribution in [0.25, 0.3) is 0 Å². The van der Waals surface area contributed by atoms with Crippen molar-refractivity contribution in [1.29, 1.82) is 0 Å². The lowest BCUT2D eigenvalue weighted by Gasteiger charge is -2.17. The van der Waals surface area contributed by atoms with E-state index in [0.717, 1.165) is 0 Å². The Kier molecular flexibility index (Phi) is 5.89. The molecule has 2 aromatic rings. The highest BCUT2D eigenvalue weighted by Crippen LogP contribution is 2.15. The zero-order valence-electron chi connectivity index (χ0n) is 13.6. The Hall–Kier alpha value is -2.89. The first kappa shape index (κ1) is 17.5. The minimum Gasteiger partial charge on any atom is -0.497 e. The van der Waals surface area contributed by atoms with Gasteiger partial charge in [-0.05, 0) is 42.0 Å². The molecule has 0 saturated heterocycles. The number of benzene rings is 2. The average Bonchev–Trinajstić information content (AvgIpc) is 2.55. The Bertz CT molecular complexity index is 716. The molecule has 0 saturated carbocycles. The lowest BCUT2D eigenvalue weighted by Crippen LogP contribution is -2.35. The van der Waals surface area contributed by atoms with Crippen LogP contribution in [-0.4, -0.2) is 37.4 Å². The summed E-state index contributed by atoms with van der Waals surface area (Å²) < 4.78 is 18.2. The van der Waals surface area contributed by atoms with Gasteiger partial charge in [-0.3, -0.25) is 9.59 Å². The largest absolute Gasteiger partial charge is 0.497 e. The maximum Gasteiger partial charge on any atom is 0.243 e. The molecule has 2 rings (SSSR count). The number of carbonyl (C=O) groups is 2. The summed E-state index contributed by atoms with van der Waals surface area (Å²) in [5.74, 6) is -0.267. The van der Waals surface area contributed by atoms with Crippen LogP contribution in [0.15, 0.2) is 48.5 Å². The highest BCUT2D eigenvalue weighted by atomic mass is 19.1. The standard InChI is InChI=1S/C18H19FN2O3/c1-21(18(23)11-13-4-3-5-14(19)10-13)12-17(22)20-15-6-8-16(24-2)9-7-15/h3-10H,11-12H2,1-2H3,(H,20,22). The van der Waals surface area contributed by atoms with E-state index in [-0.39, 0.29) is 30.6 Å². The summed E-state index contributed by atoms with van der Waals surface area (Å²) in [6.45, 7) is -0.0832. The monoisotopic (exact) mass is 330 g/mol. The van der Waals surface area contributed by atoms with Gasteiger partial charge in [-0.25, -0.2) is 4.39 Å². The van der Waals surface area contributed by atoms with Crippen LogP contribution in [0.4, 0.5) is 10.1 Å². The number of methoxy groups -OCH3 is 1. The number of nitrogens with one attached hydrogen (secondary N) is 1. The molecule has 2 aromatic carbocycles. The lowest BCUT2D eigenvalue weighted by atomic mass is 10.1. The fourth-order valence-electron chi connectivity index (χ4n) is 2.13. The Balaban J connectivity index is 1.86. The number of likely N-dealkylation sites (N-methyl/N-ethyl adjacent to an activating group) is 1. The van der Waals surface area contributed by atoms with Crippen molar-refractivity contribution in [2.75, 3.05) is 26.0 Å². The molecule has 0 aromatic heterocycles. The number of ether oxygens (including phenoxy) is 1. The van der Waals surface area contributed by atoms with E-state index in [1.54, 1.807) is 43.5 Å². The number of nitrogens with zero attached hydrogens (tertiary/aromatic N) is 1. The van der Waals surface area contributed by atoms with E-state index in [1.807, 2.05) is 0 Å². The van der Waals surface area contributed by atoms with Crippen molar-refractivity contribution in [3.05, 3.63) is 59.9 Å². The smallest absolute Gasteiger partial charge is 0.243 e. The topological polar surface area (TPSA) is 58.6 Å². The van der Waals surface area contributed by atoms with Crippen molar-refractivity contribution < 1.29 is 18.7 Å². The highest BCUT2D eigenvalue weighted by molar-refractivity contribution is 5.94. The number of carbonyl (C=O) groups excluding carboxylic acids is 2. The fraction of sp³-hybridized carbons (Fsp3) is 0.222. The van der Waals surface area contributed by atoms with Crippen LogP contribution in [0.2, 0.25) is 0 Å². The van der Waals surface area contributed by atoms with Gasteiger partial charge < -0.3 is 15.0 Å². The second-order valence-corrected chi connectivity index (χ2v) is 5.33. The van der Waals surface area contributed by atoms with Crippen molar-refractivity contribution >= 4 is 17.5 Å². The van der Waals surface area contributed by atoms with Crippen LogP contribution in [-0.2, 0) is 16.0 Å². The van der Waals surface area contributed by atoms with Gasteiger partial charge in [0.25, 0.3) is 0 Å². The summed E-state index contributed by atoms with van der Waals surface area (Å²) in [6.07, 6.45) is 0.0457. The van der Waals surface area contributed by atoms with Crippen molar-refractivity contribution in [3.63, 3.8) is 0 Å². The molecule has 2 amide bonds. The minimum atomic E-state index is -0.389. The maximum absolute atomic E-state index is 13.1. The van der Waals surface area contributed by atoms with Crippen molar-refractivity contribution in [2.24, 2.45) is 0 Å². The molecule has 0 aliphatic carbocycles. The third-order valence-electron chi connectivity index (χ3n) is 3.42. The first-order valence-electron chi connectivity index (χ1n) is 7.40. The van der Waals surface area contributed by atoms with E-state index >= 15 is 0 Å². The number of hydrogen-bond acceptors (Lipinski definition) is 3. The predicted molar refractivity (Wildman–Crippen MR) is 89.4 cm³/mol. The summed E-state index contributed by atoms with van der Waals surface area (Å²) in [4.78, 5) is 25.4. The molecule has 1 N–H and O–H groups in total. The molecule has 126 valence electrons. The molecule has 0 bridgehead atoms. The van der Waals surface area contributed by atoms with Crippen LogP contribution in [0.3, 0.4) is 0 Å². The third-order valence-corrected chi connectivity index (χ3v) is 3.42. The molecule has 0 radical (unpaired) electrons. The van der Waals surface area contributed by atoms with Crippen molar-refractivity contribution in [3.8, 4) is 5.75 Å². The molecule has 0 fully saturated rings. The molecule has 0 aliphatic heterocycles. The third kappa shape index (κ3) is 5.08. The molecule has 0 spiro atoms. The fourth-order valence-corrected chi connectivity index (χ4v) is 2.13. The van der Waals surface area contributed by atoms with Crippen LogP contribution < -0.4 is 10.1 Å². The lowest BCUT2D eigenvalue weighted by molar-refractivity contribution is -0.132. The summed E-state index contributed by atoms with van der Waals surface area (Å²) in [5.41, 5.74) is 1.19. The van der Waals surface area contributed by atoms with Gasteiger partial charge in [-0.2, -0.15) is 0 Å². The molecule has 24 heavy (non-hydrogen) atoms. The summed E-state index contributed by atoms with van der Waals surface area (Å²) in [6, 6.07) is 12.7. The van der Waals surface area contributed by atoms with E-state index in [2.05, 4.69) is 5.32 Å². The highest BCUT2D eigenvalue weighted by Gasteiger charge is 2.14. The van der Waals surface area contributed by atoms with Crippen molar-refractivity contribution in [1.82, 2.24) is 4.90 Å². The van der Waals surface area contributed by atoms with Crippen LogP contribution in [0, 0.1) is 5.82 Å². The van der Waals surface area contributed by atoms with E-state index in [0.29, 0.717) is 17.0 Å². The van der Waals surface area contributed by atoms with Gasteiger partial charge in [0, 0.05) is 12.7 Å². The van der Waals surface area contributed by atoms with Gasteiger partial charge in [0.15, 0.2) is 0 Å². The van der Waals surface area contributed by atoms with Gasteiger partial charge in [-0.1, -0.05) is 12.1 Å². The minimum absolute atomic E-state index is 0.0457. The first-order chi connectivity index (χ1) is 11.5. The Labute approximate surface area is 140 Å². The summed E-state index contributed by atoms with van der Waals surface area (Å²) in [7, 11) is 3.10. The molecule has 0 atom stereocenters. The van der Waals surface area contributed by atoms with Gasteiger partial charge in [0.05, 0.1) is 20.1 Å². The van der Waals surface area contributed by atoms with Crippen LogP contribution in [0.1, 0.15) is 5.56 Å². The molecule has 6 heteroatoms. The molecule has 0 unspecified atom stereocenters. The molecule has 0 heterocycles. The number of amides is 2. The summed E-state index contributed by atoms with van der Waals surface area (Å²) >= 11 is 0. The van der Waals surface area contributed by atoms with Gasteiger partial charge in [0.1, 0.15) is 11.6 Å². The van der Waals surface area contributed by atoms with Crippen LogP contribution in [0.5, 0.6) is 5.75 Å². The van der Waals surface area contributed by atoms with Crippen LogP contribution >= 0.6 is 0 Å². The molecular formula is C18H19FN2O3. The number of anilines is 1. The van der Waals surface area contributed by atoms with E-state index in [4.69, 9.17) is 4.74 Å². The second-order valence-electron chi connectivity index (χ2n) is 5.33. The maximum atomic E-state index is 13.1. The number of hydrogen-bond donors (Lipinski definition) is 1. The average molecular weight is 330 g/mol. The quantitative estimate of drug-likeness (QED) is 0.885. The van der Waals surface area contributed by atoms with Gasteiger partial charge >= 0.3 is 0 Å². The van der Waals surface area contributed by atoms with E-state index in [9.17, 15) is 14.0 Å². The zero-order valence-corrected chi connectivity index (χ0v) is 13.6. The predicted octanol–water partition coefficient (Wildman–Crippen LogP) is 2.47.